The average Bonchev–Trinajstić information content (AvgIpc) is 2.46. The van der Waals surface area contributed by atoms with Gasteiger partial charge in [0.15, 0.2) is 5.82 Å². The molecule has 1 aliphatic rings. The fraction of sp³-hybridized carbons (Fsp3) is 0.333. The molecule has 1 unspecified atom stereocenters. The van der Waals surface area contributed by atoms with Gasteiger partial charge >= 0.3 is 0 Å². The first-order chi connectivity index (χ1) is 9.34. The predicted octanol–water partition coefficient (Wildman–Crippen LogP) is 3.27. The molecule has 2 aromatic rings. The molecule has 4 heteroatoms. The summed E-state index contributed by atoms with van der Waals surface area (Å²) in [6, 6.07) is 8.79. The molecule has 0 saturated carbocycles. The summed E-state index contributed by atoms with van der Waals surface area (Å²) < 4.78 is 0. The second-order valence-electron chi connectivity index (χ2n) is 4.85. The summed E-state index contributed by atoms with van der Waals surface area (Å²) in [4.78, 5) is 8.38. The lowest BCUT2D eigenvalue weighted by Crippen LogP contribution is -2.12. The van der Waals surface area contributed by atoms with E-state index in [2.05, 4.69) is 34.2 Å². The summed E-state index contributed by atoms with van der Waals surface area (Å²) in [5.74, 6) is 2.17. The summed E-state index contributed by atoms with van der Waals surface area (Å²) in [6.07, 6.45) is 7.08. The molecule has 0 fully saturated rings. The highest BCUT2D eigenvalue weighted by atomic mass is 32.2. The van der Waals surface area contributed by atoms with Gasteiger partial charge < -0.3 is 5.73 Å². The van der Waals surface area contributed by atoms with Crippen LogP contribution in [0.25, 0.3) is 0 Å². The highest BCUT2D eigenvalue weighted by molar-refractivity contribution is 7.99. The molecular formula is C15H17N3S. The van der Waals surface area contributed by atoms with Gasteiger partial charge in [-0.2, -0.15) is 0 Å². The lowest BCUT2D eigenvalue weighted by molar-refractivity contribution is 0.596. The highest BCUT2D eigenvalue weighted by Gasteiger charge is 2.20. The summed E-state index contributed by atoms with van der Waals surface area (Å²) in [6.45, 7) is 0. The summed E-state index contributed by atoms with van der Waals surface area (Å²) in [5, 5.41) is 0.852. The zero-order chi connectivity index (χ0) is 13.1. The molecule has 0 spiro atoms. The number of aromatic nitrogens is 2. The minimum atomic E-state index is 0.539. The van der Waals surface area contributed by atoms with Gasteiger partial charge in [-0.1, -0.05) is 24.3 Å². The molecule has 2 N–H and O–H groups in total. The van der Waals surface area contributed by atoms with Crippen molar-refractivity contribution in [3.05, 3.63) is 47.8 Å². The van der Waals surface area contributed by atoms with Crippen LogP contribution in [-0.4, -0.2) is 15.7 Å². The van der Waals surface area contributed by atoms with Crippen molar-refractivity contribution in [1.29, 1.82) is 0 Å². The van der Waals surface area contributed by atoms with Gasteiger partial charge in [-0.25, -0.2) is 9.97 Å². The maximum atomic E-state index is 5.84. The van der Waals surface area contributed by atoms with Gasteiger partial charge in [0.05, 0.1) is 0 Å². The molecule has 1 aromatic heterocycles. The van der Waals surface area contributed by atoms with E-state index in [4.69, 9.17) is 5.73 Å². The second-order valence-corrected chi connectivity index (χ2v) is 5.85. The number of anilines is 1. The van der Waals surface area contributed by atoms with E-state index in [0.29, 0.717) is 11.7 Å². The van der Waals surface area contributed by atoms with Crippen molar-refractivity contribution in [2.45, 2.75) is 30.2 Å². The molecule has 0 amide bonds. The fourth-order valence-corrected chi connectivity index (χ4v) is 3.70. The molecule has 1 aromatic carbocycles. The number of thioether (sulfide) groups is 1. The Morgan fingerprint density at radius 2 is 2.05 bits per heavy atom. The van der Waals surface area contributed by atoms with E-state index in [1.165, 1.54) is 30.4 Å². The van der Waals surface area contributed by atoms with Gasteiger partial charge in [-0.05, 0) is 36.3 Å². The molecule has 0 bridgehead atoms. The third-order valence-electron chi connectivity index (χ3n) is 3.61. The van der Waals surface area contributed by atoms with Gasteiger partial charge in [-0.15, -0.1) is 11.8 Å². The number of nitrogens with zero attached hydrogens (tertiary/aromatic N) is 2. The fourth-order valence-electron chi connectivity index (χ4n) is 2.65. The summed E-state index contributed by atoms with van der Waals surface area (Å²) >= 11 is 1.72. The maximum Gasteiger partial charge on any atom is 0.156 e. The zero-order valence-electron chi connectivity index (χ0n) is 10.7. The van der Waals surface area contributed by atoms with Crippen LogP contribution in [0.1, 0.15) is 29.9 Å². The number of aryl methyl sites for hydroxylation is 1. The van der Waals surface area contributed by atoms with E-state index >= 15 is 0 Å². The number of nitrogens with two attached hydrogens (primary N) is 1. The quantitative estimate of drug-likeness (QED) is 0.870. The van der Waals surface area contributed by atoms with Crippen LogP contribution in [0, 0.1) is 0 Å². The normalized spacial score (nSPS) is 18.0. The van der Waals surface area contributed by atoms with E-state index in [9.17, 15) is 0 Å². The van der Waals surface area contributed by atoms with Crippen LogP contribution in [0.15, 0.2) is 41.7 Å². The van der Waals surface area contributed by atoms with Crippen molar-refractivity contribution < 1.29 is 0 Å². The van der Waals surface area contributed by atoms with Gasteiger partial charge in [-0.3, -0.25) is 0 Å². The van der Waals surface area contributed by atoms with Crippen LogP contribution in [0.4, 0.5) is 5.82 Å². The Balaban J connectivity index is 1.73. The van der Waals surface area contributed by atoms with Crippen molar-refractivity contribution >= 4 is 17.6 Å². The summed E-state index contributed by atoms with van der Waals surface area (Å²) in [5.41, 5.74) is 8.85. The number of rotatable bonds is 3. The molecule has 3 nitrogen and oxygen atoms in total. The number of hydrogen-bond donors (Lipinski definition) is 1. The van der Waals surface area contributed by atoms with E-state index in [-0.39, 0.29) is 0 Å². The van der Waals surface area contributed by atoms with Crippen molar-refractivity contribution in [2.75, 3.05) is 11.5 Å². The predicted molar refractivity (Wildman–Crippen MR) is 79.3 cm³/mol. The van der Waals surface area contributed by atoms with Crippen molar-refractivity contribution in [3.63, 3.8) is 0 Å². The Hall–Kier alpha value is -1.55. The number of benzene rings is 1. The van der Waals surface area contributed by atoms with Crippen LogP contribution < -0.4 is 5.73 Å². The molecule has 1 heterocycles. The monoisotopic (exact) mass is 271 g/mol. The van der Waals surface area contributed by atoms with Gasteiger partial charge in [0.2, 0.25) is 0 Å². The Morgan fingerprint density at radius 3 is 2.95 bits per heavy atom. The molecule has 3 rings (SSSR count). The van der Waals surface area contributed by atoms with Crippen LogP contribution in [0.3, 0.4) is 0 Å². The summed E-state index contributed by atoms with van der Waals surface area (Å²) in [7, 11) is 0. The first-order valence-electron chi connectivity index (χ1n) is 6.61. The van der Waals surface area contributed by atoms with Crippen molar-refractivity contribution in [2.24, 2.45) is 0 Å². The molecule has 19 heavy (non-hydrogen) atoms. The minimum absolute atomic E-state index is 0.539. The van der Waals surface area contributed by atoms with Gasteiger partial charge in [0.1, 0.15) is 5.03 Å². The van der Waals surface area contributed by atoms with E-state index in [1.54, 1.807) is 24.2 Å². The standard InChI is InChI=1S/C15H17N3S/c16-14-15(18-9-8-17-14)19-10-12-6-3-5-11-4-1-2-7-13(11)12/h1-2,4,7-9,12H,3,5-6,10H2,(H2,16,17). The first kappa shape index (κ1) is 12.5. The Morgan fingerprint density at radius 1 is 1.21 bits per heavy atom. The second kappa shape index (κ2) is 5.61. The third-order valence-corrected chi connectivity index (χ3v) is 4.76. The zero-order valence-corrected chi connectivity index (χ0v) is 11.6. The van der Waals surface area contributed by atoms with Crippen LogP contribution in [-0.2, 0) is 6.42 Å². The Bertz CT molecular complexity index is 571. The molecule has 0 aliphatic heterocycles. The first-order valence-corrected chi connectivity index (χ1v) is 7.60. The highest BCUT2D eigenvalue weighted by Crippen LogP contribution is 2.35. The van der Waals surface area contributed by atoms with E-state index in [1.807, 2.05) is 0 Å². The largest absolute Gasteiger partial charge is 0.381 e. The smallest absolute Gasteiger partial charge is 0.156 e. The van der Waals surface area contributed by atoms with E-state index < -0.39 is 0 Å². The van der Waals surface area contributed by atoms with Crippen molar-refractivity contribution in [3.8, 4) is 0 Å². The van der Waals surface area contributed by atoms with Crippen LogP contribution in [0.5, 0.6) is 0 Å². The number of hydrogen-bond acceptors (Lipinski definition) is 4. The van der Waals surface area contributed by atoms with Crippen molar-refractivity contribution in [1.82, 2.24) is 9.97 Å². The molecule has 98 valence electrons. The van der Waals surface area contributed by atoms with Crippen LogP contribution >= 0.6 is 11.8 Å². The molecule has 0 radical (unpaired) electrons. The molecule has 1 aliphatic carbocycles. The molecule has 0 saturated heterocycles. The average molecular weight is 271 g/mol. The maximum absolute atomic E-state index is 5.84. The van der Waals surface area contributed by atoms with Crippen LogP contribution in [0.2, 0.25) is 0 Å². The molecular weight excluding hydrogens is 254 g/mol. The van der Waals surface area contributed by atoms with Gasteiger partial charge in [0, 0.05) is 18.1 Å². The minimum Gasteiger partial charge on any atom is -0.381 e. The SMILES string of the molecule is Nc1nccnc1SCC1CCCc2ccccc21. The van der Waals surface area contributed by atoms with E-state index in [0.717, 1.165) is 10.8 Å². The Labute approximate surface area is 117 Å². The van der Waals surface area contributed by atoms with Gasteiger partial charge in [0.25, 0.3) is 0 Å². The Kier molecular flexibility index (Phi) is 3.69. The topological polar surface area (TPSA) is 51.8 Å². The third kappa shape index (κ3) is 2.73. The lowest BCUT2D eigenvalue weighted by atomic mass is 9.84. The molecule has 1 atom stereocenters. The number of fused-ring (bicyclic) bond motifs is 1. The number of nitrogen functional groups attached to an aromatic ring is 1. The lowest BCUT2D eigenvalue weighted by Gasteiger charge is -2.25.